The van der Waals surface area contributed by atoms with Crippen LogP contribution in [0.25, 0.3) is 6.08 Å². The molecule has 0 aliphatic rings. The molecular formula is C26H24FN5O4. The molecule has 0 bridgehead atoms. The monoisotopic (exact) mass is 489 g/mol. The van der Waals surface area contributed by atoms with Crippen LogP contribution in [0.1, 0.15) is 28.4 Å². The van der Waals surface area contributed by atoms with Crippen molar-refractivity contribution in [1.82, 2.24) is 10.7 Å². The second-order valence-corrected chi connectivity index (χ2v) is 7.95. The molecule has 2 N–H and O–H groups in total. The second kappa shape index (κ2) is 11.5. The van der Waals surface area contributed by atoms with Crippen LogP contribution in [0.4, 0.5) is 15.8 Å². The molecule has 184 valence electrons. The van der Waals surface area contributed by atoms with Gasteiger partial charge in [-0.05, 0) is 48.9 Å². The number of carbonyl (C=O) groups excluding carboxylic acids is 2. The topological polar surface area (TPSA) is 117 Å². The van der Waals surface area contributed by atoms with Gasteiger partial charge in [-0.15, -0.1) is 0 Å². The van der Waals surface area contributed by atoms with Crippen LogP contribution in [0.3, 0.4) is 0 Å². The summed E-state index contributed by atoms with van der Waals surface area (Å²) in [4.78, 5) is 38.1. The molecule has 3 rings (SSSR count). The average molecular weight is 490 g/mol. The molecule has 0 saturated heterocycles. The Morgan fingerprint density at radius 1 is 1.00 bits per heavy atom. The van der Waals surface area contributed by atoms with Crippen molar-refractivity contribution in [2.24, 2.45) is 5.10 Å². The van der Waals surface area contributed by atoms with Crippen LogP contribution in [0, 0.1) is 15.9 Å². The van der Waals surface area contributed by atoms with Crippen molar-refractivity contribution >= 4 is 35.0 Å². The number of non-ortho nitro benzene ring substituents is 1. The number of nitro groups is 1. The van der Waals surface area contributed by atoms with Gasteiger partial charge in [-0.1, -0.05) is 30.3 Å². The lowest BCUT2D eigenvalue weighted by atomic mass is 10.1. The van der Waals surface area contributed by atoms with E-state index in [1.54, 1.807) is 25.1 Å². The highest BCUT2D eigenvalue weighted by Gasteiger charge is 2.16. The van der Waals surface area contributed by atoms with Crippen molar-refractivity contribution in [1.29, 1.82) is 0 Å². The highest BCUT2D eigenvalue weighted by Crippen LogP contribution is 2.16. The van der Waals surface area contributed by atoms with Crippen molar-refractivity contribution in [3.8, 4) is 0 Å². The molecule has 2 amide bonds. The predicted octanol–water partition coefficient (Wildman–Crippen LogP) is 4.11. The fourth-order valence-electron chi connectivity index (χ4n) is 3.12. The molecule has 0 aromatic heterocycles. The first-order valence-corrected chi connectivity index (χ1v) is 10.8. The number of rotatable bonds is 8. The Hall–Kier alpha value is -4.86. The summed E-state index contributed by atoms with van der Waals surface area (Å²) < 4.78 is 13.6. The number of hydrogen-bond donors (Lipinski definition) is 2. The van der Waals surface area contributed by atoms with E-state index >= 15 is 0 Å². The fourth-order valence-corrected chi connectivity index (χ4v) is 3.12. The number of amides is 2. The third kappa shape index (κ3) is 6.83. The fraction of sp³-hybridized carbons (Fsp3) is 0.115. The maximum Gasteiger partial charge on any atom is 0.287 e. The number of anilines is 1. The van der Waals surface area contributed by atoms with Gasteiger partial charge in [0.25, 0.3) is 17.5 Å². The quantitative estimate of drug-likeness (QED) is 0.214. The molecule has 0 heterocycles. The summed E-state index contributed by atoms with van der Waals surface area (Å²) in [6.45, 7) is 1.58. The SMILES string of the molecule is CC(=NNC(=O)C(=Cc1ccc(N(C)C)cc1)NC(=O)c1cccc(F)c1)c1cccc([N+](=O)[O-])c1. The number of hydrogen-bond acceptors (Lipinski definition) is 6. The van der Waals surface area contributed by atoms with Crippen LogP contribution in [-0.4, -0.2) is 36.5 Å². The Kier molecular flexibility index (Phi) is 8.24. The zero-order chi connectivity index (χ0) is 26.2. The summed E-state index contributed by atoms with van der Waals surface area (Å²) in [5, 5.41) is 17.6. The molecule has 9 nitrogen and oxygen atoms in total. The Balaban J connectivity index is 1.88. The molecule has 3 aromatic rings. The molecule has 0 spiro atoms. The lowest BCUT2D eigenvalue weighted by Crippen LogP contribution is -2.33. The Morgan fingerprint density at radius 3 is 2.31 bits per heavy atom. The standard InChI is InChI=1S/C26H24FN5O4/c1-17(19-6-5-9-23(16-19)32(35)36)29-30-26(34)24(14-18-10-12-22(13-11-18)31(2)3)28-25(33)20-7-4-8-21(27)15-20/h4-16H,1-3H3,(H,28,33)(H,30,34). The third-order valence-electron chi connectivity index (χ3n) is 5.10. The maximum atomic E-state index is 13.6. The molecule has 0 saturated carbocycles. The van der Waals surface area contributed by atoms with Gasteiger partial charge in [-0.25, -0.2) is 9.82 Å². The minimum absolute atomic E-state index is 0.0351. The van der Waals surface area contributed by atoms with Gasteiger partial charge in [0.15, 0.2) is 0 Å². The van der Waals surface area contributed by atoms with Crippen LogP contribution in [0.5, 0.6) is 0 Å². The summed E-state index contributed by atoms with van der Waals surface area (Å²) >= 11 is 0. The first kappa shape index (κ1) is 25.8. The van der Waals surface area contributed by atoms with Crippen molar-refractivity contribution in [3.05, 3.63) is 111 Å². The normalized spacial score (nSPS) is 11.6. The van der Waals surface area contributed by atoms with E-state index in [9.17, 15) is 24.1 Å². The average Bonchev–Trinajstić information content (AvgIpc) is 2.87. The second-order valence-electron chi connectivity index (χ2n) is 7.95. The predicted molar refractivity (Wildman–Crippen MR) is 136 cm³/mol. The van der Waals surface area contributed by atoms with Gasteiger partial charge in [-0.3, -0.25) is 19.7 Å². The van der Waals surface area contributed by atoms with Gasteiger partial charge in [-0.2, -0.15) is 5.10 Å². The number of hydrazone groups is 1. The summed E-state index contributed by atoms with van der Waals surface area (Å²) in [7, 11) is 3.79. The van der Waals surface area contributed by atoms with Crippen LogP contribution < -0.4 is 15.6 Å². The maximum absolute atomic E-state index is 13.6. The minimum Gasteiger partial charge on any atom is -0.378 e. The first-order valence-electron chi connectivity index (χ1n) is 10.8. The number of nitro benzene ring substituents is 1. The van der Waals surface area contributed by atoms with Gasteiger partial charge < -0.3 is 10.2 Å². The van der Waals surface area contributed by atoms with Crippen LogP contribution in [-0.2, 0) is 4.79 Å². The Morgan fingerprint density at radius 2 is 1.67 bits per heavy atom. The molecule has 10 heteroatoms. The van der Waals surface area contributed by atoms with Crippen molar-refractivity contribution in [3.63, 3.8) is 0 Å². The van der Waals surface area contributed by atoms with Crippen molar-refractivity contribution in [2.75, 3.05) is 19.0 Å². The summed E-state index contributed by atoms with van der Waals surface area (Å²) in [5.74, 6) is -2.00. The zero-order valence-corrected chi connectivity index (χ0v) is 19.9. The Bertz CT molecular complexity index is 1350. The van der Waals surface area contributed by atoms with E-state index in [0.29, 0.717) is 16.8 Å². The van der Waals surface area contributed by atoms with E-state index in [-0.39, 0.29) is 16.9 Å². The molecule has 0 aliphatic carbocycles. The summed E-state index contributed by atoms with van der Waals surface area (Å²) in [6.07, 6.45) is 1.46. The van der Waals surface area contributed by atoms with E-state index in [4.69, 9.17) is 0 Å². The number of nitrogens with zero attached hydrogens (tertiary/aromatic N) is 3. The third-order valence-corrected chi connectivity index (χ3v) is 5.10. The zero-order valence-electron chi connectivity index (χ0n) is 19.9. The van der Waals surface area contributed by atoms with Crippen LogP contribution >= 0.6 is 0 Å². The molecule has 0 unspecified atom stereocenters. The molecule has 36 heavy (non-hydrogen) atoms. The van der Waals surface area contributed by atoms with Crippen LogP contribution in [0.2, 0.25) is 0 Å². The molecule has 0 atom stereocenters. The van der Waals surface area contributed by atoms with Gasteiger partial charge in [0.1, 0.15) is 11.5 Å². The molecule has 0 fully saturated rings. The highest BCUT2D eigenvalue weighted by molar-refractivity contribution is 6.06. The van der Waals surface area contributed by atoms with Crippen molar-refractivity contribution < 1.29 is 18.9 Å². The highest BCUT2D eigenvalue weighted by atomic mass is 19.1. The molecule has 3 aromatic carbocycles. The lowest BCUT2D eigenvalue weighted by Gasteiger charge is -2.13. The number of nitrogens with one attached hydrogen (secondary N) is 2. The first-order chi connectivity index (χ1) is 17.1. The van der Waals surface area contributed by atoms with E-state index in [1.165, 1.54) is 42.5 Å². The minimum atomic E-state index is -0.735. The number of halogens is 1. The molecule has 0 aliphatic heterocycles. The van der Waals surface area contributed by atoms with Crippen molar-refractivity contribution in [2.45, 2.75) is 6.92 Å². The van der Waals surface area contributed by atoms with Crippen LogP contribution in [0.15, 0.2) is 83.6 Å². The van der Waals surface area contributed by atoms with E-state index < -0.39 is 22.6 Å². The molecular weight excluding hydrogens is 465 g/mol. The van der Waals surface area contributed by atoms with E-state index in [2.05, 4.69) is 15.8 Å². The largest absolute Gasteiger partial charge is 0.378 e. The van der Waals surface area contributed by atoms with Gasteiger partial charge in [0, 0.05) is 43.0 Å². The lowest BCUT2D eigenvalue weighted by molar-refractivity contribution is -0.384. The summed E-state index contributed by atoms with van der Waals surface area (Å²) in [6, 6.07) is 18.1. The number of benzene rings is 3. The van der Waals surface area contributed by atoms with E-state index in [0.717, 1.165) is 11.8 Å². The van der Waals surface area contributed by atoms with E-state index in [1.807, 2.05) is 31.1 Å². The van der Waals surface area contributed by atoms with Gasteiger partial charge >= 0.3 is 0 Å². The van der Waals surface area contributed by atoms with Gasteiger partial charge in [0.2, 0.25) is 0 Å². The number of carbonyl (C=O) groups is 2. The Labute approximate surface area is 207 Å². The molecule has 0 radical (unpaired) electrons. The smallest absolute Gasteiger partial charge is 0.287 e. The summed E-state index contributed by atoms with van der Waals surface area (Å²) in [5.41, 5.74) is 4.49. The van der Waals surface area contributed by atoms with Gasteiger partial charge in [0.05, 0.1) is 10.6 Å².